The predicted octanol–water partition coefficient (Wildman–Crippen LogP) is 1.47. The highest BCUT2D eigenvalue weighted by Gasteiger charge is 2.13. The number of hydrogen-bond acceptors (Lipinski definition) is 4. The molecule has 5 nitrogen and oxygen atoms in total. The first kappa shape index (κ1) is 11.0. The summed E-state index contributed by atoms with van der Waals surface area (Å²) >= 11 is 0. The molecule has 0 spiro atoms. The van der Waals surface area contributed by atoms with E-state index >= 15 is 0 Å². The van der Waals surface area contributed by atoms with Gasteiger partial charge in [0.25, 0.3) is 0 Å². The zero-order chi connectivity index (χ0) is 12.4. The number of ether oxygens (including phenoxy) is 1. The Balaban J connectivity index is 2.61. The molecule has 0 saturated heterocycles. The molecule has 0 saturated carbocycles. The maximum atomic E-state index is 13.0. The number of rotatable bonds is 2. The summed E-state index contributed by atoms with van der Waals surface area (Å²) in [5.41, 5.74) is 6.48. The molecule has 0 unspecified atom stereocenters. The van der Waals surface area contributed by atoms with Gasteiger partial charge in [-0.2, -0.15) is 10.4 Å². The third kappa shape index (κ3) is 1.78. The summed E-state index contributed by atoms with van der Waals surface area (Å²) in [5, 5.41) is 12.7. The minimum absolute atomic E-state index is 0.192. The summed E-state index contributed by atoms with van der Waals surface area (Å²) in [6.45, 7) is 0. The first-order valence-corrected chi connectivity index (χ1v) is 4.75. The van der Waals surface area contributed by atoms with E-state index in [0.717, 1.165) is 0 Å². The highest BCUT2D eigenvalue weighted by atomic mass is 19.1. The molecule has 0 amide bonds. The zero-order valence-corrected chi connectivity index (χ0v) is 9.01. The maximum Gasteiger partial charge on any atom is 0.147 e. The van der Waals surface area contributed by atoms with Gasteiger partial charge in [0.1, 0.15) is 34.7 Å². The molecule has 1 aromatic carbocycles. The number of nitrogen functional groups attached to an aromatic ring is 1. The van der Waals surface area contributed by atoms with E-state index in [-0.39, 0.29) is 11.4 Å². The molecule has 0 fully saturated rings. The second-order valence-corrected chi connectivity index (χ2v) is 3.28. The molecule has 0 bridgehead atoms. The Morgan fingerprint density at radius 3 is 2.88 bits per heavy atom. The van der Waals surface area contributed by atoms with Crippen molar-refractivity contribution in [1.82, 2.24) is 9.78 Å². The van der Waals surface area contributed by atoms with E-state index in [9.17, 15) is 4.39 Å². The molecule has 2 aromatic rings. The van der Waals surface area contributed by atoms with Crippen molar-refractivity contribution in [2.45, 2.75) is 0 Å². The van der Waals surface area contributed by atoms with Gasteiger partial charge in [0.15, 0.2) is 0 Å². The topological polar surface area (TPSA) is 76.9 Å². The Morgan fingerprint density at radius 2 is 2.29 bits per heavy atom. The van der Waals surface area contributed by atoms with Crippen LogP contribution >= 0.6 is 0 Å². The number of benzene rings is 1. The second kappa shape index (κ2) is 4.14. The monoisotopic (exact) mass is 232 g/mol. The number of nitrogens with two attached hydrogens (primary N) is 1. The smallest absolute Gasteiger partial charge is 0.147 e. The van der Waals surface area contributed by atoms with E-state index in [2.05, 4.69) is 5.10 Å². The standard InChI is InChI=1S/C11H9FN4O/c1-17-10-4-8(12)2-3-9(10)16-11(14)7(5-13)6-15-16/h2-4,6H,14H2,1H3. The summed E-state index contributed by atoms with van der Waals surface area (Å²) in [4.78, 5) is 0. The zero-order valence-electron chi connectivity index (χ0n) is 9.01. The molecular formula is C11H9FN4O. The van der Waals surface area contributed by atoms with Gasteiger partial charge in [-0.1, -0.05) is 0 Å². The number of anilines is 1. The summed E-state index contributed by atoms with van der Waals surface area (Å²) in [5.74, 6) is 0.0681. The molecule has 0 aliphatic carbocycles. The van der Waals surface area contributed by atoms with Crippen molar-refractivity contribution in [1.29, 1.82) is 5.26 Å². The fourth-order valence-corrected chi connectivity index (χ4v) is 1.46. The van der Waals surface area contributed by atoms with Crippen molar-refractivity contribution in [2.24, 2.45) is 0 Å². The lowest BCUT2D eigenvalue weighted by molar-refractivity contribution is 0.408. The van der Waals surface area contributed by atoms with E-state index in [1.807, 2.05) is 6.07 Å². The fourth-order valence-electron chi connectivity index (χ4n) is 1.46. The van der Waals surface area contributed by atoms with Crippen LogP contribution in [-0.2, 0) is 0 Å². The van der Waals surface area contributed by atoms with E-state index < -0.39 is 5.82 Å². The molecule has 86 valence electrons. The van der Waals surface area contributed by atoms with Gasteiger partial charge in [-0.05, 0) is 12.1 Å². The van der Waals surface area contributed by atoms with Crippen LogP contribution in [0.15, 0.2) is 24.4 Å². The number of halogens is 1. The van der Waals surface area contributed by atoms with Crippen molar-refractivity contribution in [3.8, 4) is 17.5 Å². The van der Waals surface area contributed by atoms with Crippen molar-refractivity contribution in [3.05, 3.63) is 35.8 Å². The predicted molar refractivity (Wildman–Crippen MR) is 59.2 cm³/mol. The largest absolute Gasteiger partial charge is 0.494 e. The highest BCUT2D eigenvalue weighted by Crippen LogP contribution is 2.26. The number of aromatic nitrogens is 2. The highest BCUT2D eigenvalue weighted by molar-refractivity contribution is 5.56. The van der Waals surface area contributed by atoms with Crippen molar-refractivity contribution < 1.29 is 9.13 Å². The molecule has 2 N–H and O–H groups in total. The van der Waals surface area contributed by atoms with E-state index in [1.54, 1.807) is 0 Å². The Labute approximate surface area is 96.8 Å². The summed E-state index contributed by atoms with van der Waals surface area (Å²) < 4.78 is 19.4. The molecule has 0 radical (unpaired) electrons. The average Bonchev–Trinajstić information content (AvgIpc) is 2.70. The van der Waals surface area contributed by atoms with Gasteiger partial charge in [0.2, 0.25) is 0 Å². The first-order valence-electron chi connectivity index (χ1n) is 4.75. The lowest BCUT2D eigenvalue weighted by Crippen LogP contribution is -2.04. The number of nitriles is 1. The molecule has 0 aliphatic heterocycles. The van der Waals surface area contributed by atoms with Crippen LogP contribution in [0.25, 0.3) is 5.69 Å². The molecule has 0 aliphatic rings. The third-order valence-electron chi connectivity index (χ3n) is 2.30. The minimum Gasteiger partial charge on any atom is -0.494 e. The Bertz CT molecular complexity index is 600. The number of hydrogen-bond donors (Lipinski definition) is 1. The normalized spacial score (nSPS) is 9.94. The molecule has 17 heavy (non-hydrogen) atoms. The summed E-state index contributed by atoms with van der Waals surface area (Å²) in [6, 6.07) is 5.89. The Kier molecular flexibility index (Phi) is 2.66. The van der Waals surface area contributed by atoms with Crippen molar-refractivity contribution in [2.75, 3.05) is 12.8 Å². The van der Waals surface area contributed by atoms with Crippen molar-refractivity contribution >= 4 is 5.82 Å². The molecular weight excluding hydrogens is 223 g/mol. The quantitative estimate of drug-likeness (QED) is 0.850. The maximum absolute atomic E-state index is 13.0. The molecule has 2 rings (SSSR count). The van der Waals surface area contributed by atoms with E-state index in [4.69, 9.17) is 15.7 Å². The fraction of sp³-hybridized carbons (Fsp3) is 0.0909. The van der Waals surface area contributed by atoms with Crippen LogP contribution in [0, 0.1) is 17.1 Å². The minimum atomic E-state index is -0.420. The SMILES string of the molecule is COc1cc(F)ccc1-n1ncc(C#N)c1N. The molecule has 6 heteroatoms. The van der Waals surface area contributed by atoms with Gasteiger partial charge in [0.05, 0.1) is 13.3 Å². The van der Waals surface area contributed by atoms with E-state index in [0.29, 0.717) is 11.4 Å². The van der Waals surface area contributed by atoms with Crippen LogP contribution in [0.5, 0.6) is 5.75 Å². The summed E-state index contributed by atoms with van der Waals surface area (Å²) in [7, 11) is 1.42. The van der Waals surface area contributed by atoms with Crippen molar-refractivity contribution in [3.63, 3.8) is 0 Å². The van der Waals surface area contributed by atoms with Crippen LogP contribution in [0.2, 0.25) is 0 Å². The van der Waals surface area contributed by atoms with Crippen LogP contribution in [-0.4, -0.2) is 16.9 Å². The second-order valence-electron chi connectivity index (χ2n) is 3.28. The Morgan fingerprint density at radius 1 is 1.53 bits per heavy atom. The van der Waals surface area contributed by atoms with Crippen LogP contribution in [0.4, 0.5) is 10.2 Å². The van der Waals surface area contributed by atoms with Gasteiger partial charge in [-0.15, -0.1) is 0 Å². The van der Waals surface area contributed by atoms with Crippen LogP contribution in [0.3, 0.4) is 0 Å². The Hall–Kier alpha value is -2.55. The lowest BCUT2D eigenvalue weighted by atomic mass is 10.3. The van der Waals surface area contributed by atoms with Gasteiger partial charge in [0, 0.05) is 6.07 Å². The first-order chi connectivity index (χ1) is 8.17. The molecule has 1 heterocycles. The van der Waals surface area contributed by atoms with Gasteiger partial charge in [-0.3, -0.25) is 0 Å². The van der Waals surface area contributed by atoms with Crippen LogP contribution in [0.1, 0.15) is 5.56 Å². The molecule has 1 aromatic heterocycles. The number of nitrogens with zero attached hydrogens (tertiary/aromatic N) is 3. The van der Waals surface area contributed by atoms with E-state index in [1.165, 1.54) is 36.2 Å². The van der Waals surface area contributed by atoms with Gasteiger partial charge in [-0.25, -0.2) is 9.07 Å². The molecule has 0 atom stereocenters. The average molecular weight is 232 g/mol. The third-order valence-corrected chi connectivity index (χ3v) is 2.30. The number of methoxy groups -OCH3 is 1. The summed E-state index contributed by atoms with van der Waals surface area (Å²) in [6.07, 6.45) is 1.35. The lowest BCUT2D eigenvalue weighted by Gasteiger charge is -2.09. The van der Waals surface area contributed by atoms with Crippen LogP contribution < -0.4 is 10.5 Å². The van der Waals surface area contributed by atoms with Gasteiger partial charge >= 0.3 is 0 Å². The van der Waals surface area contributed by atoms with Gasteiger partial charge < -0.3 is 10.5 Å².